The molecule has 0 radical (unpaired) electrons. The minimum atomic E-state index is -0.0713. The van der Waals surface area contributed by atoms with Crippen LogP contribution in [-0.4, -0.2) is 4.98 Å². The van der Waals surface area contributed by atoms with Crippen molar-refractivity contribution in [3.05, 3.63) is 64.4 Å². The van der Waals surface area contributed by atoms with Crippen LogP contribution >= 0.6 is 15.9 Å². The van der Waals surface area contributed by atoms with E-state index in [9.17, 15) is 0 Å². The fourth-order valence-electron chi connectivity index (χ4n) is 1.64. The molecule has 0 spiro atoms. The smallest absolute Gasteiger partial charge is 0.0716 e. The summed E-state index contributed by atoms with van der Waals surface area (Å²) < 4.78 is 0.971. The topological polar surface area (TPSA) is 38.9 Å². The first kappa shape index (κ1) is 11.3. The number of nitrogens with zero attached hydrogens (tertiary/aromatic N) is 1. The zero-order valence-corrected chi connectivity index (χ0v) is 10.4. The molecule has 16 heavy (non-hydrogen) atoms. The summed E-state index contributed by atoms with van der Waals surface area (Å²) >= 11 is 3.47. The Hall–Kier alpha value is -1.19. The van der Waals surface area contributed by atoms with Crippen LogP contribution in [0.25, 0.3) is 0 Å². The molecule has 0 saturated heterocycles. The summed E-state index contributed by atoms with van der Waals surface area (Å²) in [5, 5.41) is 0. The molecule has 1 aromatic carbocycles. The largest absolute Gasteiger partial charge is 0.322 e. The number of aromatic nitrogens is 1. The molecule has 0 fully saturated rings. The summed E-state index contributed by atoms with van der Waals surface area (Å²) in [5.41, 5.74) is 8.27. The Bertz CT molecular complexity index is 456. The molecule has 0 aliphatic rings. The summed E-state index contributed by atoms with van der Waals surface area (Å²) in [6.45, 7) is 0. The summed E-state index contributed by atoms with van der Waals surface area (Å²) in [6.07, 6.45) is 2.57. The van der Waals surface area contributed by atoms with Crippen LogP contribution in [0.3, 0.4) is 0 Å². The Morgan fingerprint density at radius 3 is 2.56 bits per heavy atom. The van der Waals surface area contributed by atoms with Crippen LogP contribution in [0.2, 0.25) is 0 Å². The van der Waals surface area contributed by atoms with Gasteiger partial charge in [0.1, 0.15) is 0 Å². The monoisotopic (exact) mass is 276 g/mol. The maximum absolute atomic E-state index is 6.14. The molecular weight excluding hydrogens is 264 g/mol. The molecule has 0 aliphatic heterocycles. The summed E-state index contributed by atoms with van der Waals surface area (Å²) in [7, 11) is 0. The second-order valence-electron chi connectivity index (χ2n) is 3.67. The highest BCUT2D eigenvalue weighted by Gasteiger charge is 2.11. The average molecular weight is 277 g/mol. The van der Waals surface area contributed by atoms with E-state index in [4.69, 9.17) is 5.73 Å². The molecule has 0 amide bonds. The van der Waals surface area contributed by atoms with E-state index in [-0.39, 0.29) is 6.04 Å². The molecule has 2 nitrogen and oxygen atoms in total. The zero-order valence-electron chi connectivity index (χ0n) is 8.81. The van der Waals surface area contributed by atoms with E-state index in [0.717, 1.165) is 16.6 Å². The van der Waals surface area contributed by atoms with Crippen LogP contribution in [0.15, 0.2) is 53.1 Å². The van der Waals surface area contributed by atoms with Gasteiger partial charge in [-0.15, -0.1) is 0 Å². The molecule has 3 heteroatoms. The standard InChI is InChI=1S/C13H13BrN2/c14-11-7-4-8-16-13(11)12(15)9-10-5-2-1-3-6-10/h1-8,12H,9,15H2/t12-/m0/s1. The van der Waals surface area contributed by atoms with Crippen molar-refractivity contribution >= 4 is 15.9 Å². The van der Waals surface area contributed by atoms with Crippen molar-refractivity contribution in [3.8, 4) is 0 Å². The Labute approximate surface area is 104 Å². The van der Waals surface area contributed by atoms with Gasteiger partial charge in [-0.1, -0.05) is 30.3 Å². The molecule has 0 saturated carbocycles. The quantitative estimate of drug-likeness (QED) is 0.936. The van der Waals surface area contributed by atoms with E-state index in [0.29, 0.717) is 0 Å². The molecule has 1 aromatic heterocycles. The third kappa shape index (κ3) is 2.68. The highest BCUT2D eigenvalue weighted by molar-refractivity contribution is 9.10. The molecule has 2 N–H and O–H groups in total. The van der Waals surface area contributed by atoms with Gasteiger partial charge in [0.05, 0.1) is 11.7 Å². The fourth-order valence-corrected chi connectivity index (χ4v) is 2.18. The van der Waals surface area contributed by atoms with Gasteiger partial charge in [0.2, 0.25) is 0 Å². The molecule has 0 unspecified atom stereocenters. The first-order valence-electron chi connectivity index (χ1n) is 5.17. The van der Waals surface area contributed by atoms with E-state index in [1.807, 2.05) is 30.3 Å². The van der Waals surface area contributed by atoms with Gasteiger partial charge in [0.15, 0.2) is 0 Å². The molecule has 2 rings (SSSR count). The minimum absolute atomic E-state index is 0.0713. The highest BCUT2D eigenvalue weighted by Crippen LogP contribution is 2.21. The summed E-state index contributed by atoms with van der Waals surface area (Å²) in [6, 6.07) is 14.0. The van der Waals surface area contributed by atoms with Crippen molar-refractivity contribution in [1.82, 2.24) is 4.98 Å². The Kier molecular flexibility index (Phi) is 3.70. The molecule has 2 aromatic rings. The number of hydrogen-bond donors (Lipinski definition) is 1. The number of hydrogen-bond acceptors (Lipinski definition) is 2. The van der Waals surface area contributed by atoms with Crippen LogP contribution in [0.1, 0.15) is 17.3 Å². The molecule has 1 heterocycles. The molecule has 0 bridgehead atoms. The normalized spacial score (nSPS) is 12.4. The summed E-state index contributed by atoms with van der Waals surface area (Å²) in [5.74, 6) is 0. The van der Waals surface area contributed by atoms with E-state index < -0.39 is 0 Å². The third-order valence-corrected chi connectivity index (χ3v) is 3.11. The summed E-state index contributed by atoms with van der Waals surface area (Å²) in [4.78, 5) is 4.30. The van der Waals surface area contributed by atoms with E-state index in [1.54, 1.807) is 6.20 Å². The van der Waals surface area contributed by atoms with E-state index in [1.165, 1.54) is 5.56 Å². The van der Waals surface area contributed by atoms with Crippen molar-refractivity contribution in [2.75, 3.05) is 0 Å². The number of benzene rings is 1. The maximum Gasteiger partial charge on any atom is 0.0716 e. The lowest BCUT2D eigenvalue weighted by Gasteiger charge is -2.12. The van der Waals surface area contributed by atoms with Gasteiger partial charge in [0.25, 0.3) is 0 Å². The lowest BCUT2D eigenvalue weighted by atomic mass is 10.0. The molecule has 82 valence electrons. The predicted octanol–water partition coefficient (Wildman–Crippen LogP) is 3.09. The molecule has 1 atom stereocenters. The van der Waals surface area contributed by atoms with Crippen molar-refractivity contribution in [1.29, 1.82) is 0 Å². The number of rotatable bonds is 3. The van der Waals surface area contributed by atoms with Crippen LogP contribution in [0.5, 0.6) is 0 Å². The van der Waals surface area contributed by atoms with Gasteiger partial charge < -0.3 is 5.73 Å². The van der Waals surface area contributed by atoms with Crippen molar-refractivity contribution in [2.24, 2.45) is 5.73 Å². The van der Waals surface area contributed by atoms with Gasteiger partial charge in [-0.05, 0) is 40.0 Å². The lowest BCUT2D eigenvalue weighted by Crippen LogP contribution is -2.15. The maximum atomic E-state index is 6.14. The Morgan fingerprint density at radius 2 is 1.88 bits per heavy atom. The van der Waals surface area contributed by atoms with Crippen molar-refractivity contribution in [3.63, 3.8) is 0 Å². The molecular formula is C13H13BrN2. The van der Waals surface area contributed by atoms with Crippen LogP contribution < -0.4 is 5.73 Å². The van der Waals surface area contributed by atoms with Gasteiger partial charge >= 0.3 is 0 Å². The first-order valence-corrected chi connectivity index (χ1v) is 5.96. The van der Waals surface area contributed by atoms with E-state index in [2.05, 4.69) is 33.0 Å². The first-order chi connectivity index (χ1) is 7.77. The third-order valence-electron chi connectivity index (χ3n) is 2.44. The van der Waals surface area contributed by atoms with Crippen LogP contribution in [-0.2, 0) is 6.42 Å². The number of nitrogens with two attached hydrogens (primary N) is 1. The van der Waals surface area contributed by atoms with Crippen LogP contribution in [0, 0.1) is 0 Å². The second-order valence-corrected chi connectivity index (χ2v) is 4.52. The number of pyridine rings is 1. The number of halogens is 1. The van der Waals surface area contributed by atoms with Gasteiger partial charge in [-0.25, -0.2) is 0 Å². The SMILES string of the molecule is N[C@@H](Cc1ccccc1)c1ncccc1Br. The second kappa shape index (κ2) is 5.23. The van der Waals surface area contributed by atoms with Gasteiger partial charge in [-0.2, -0.15) is 0 Å². The van der Waals surface area contributed by atoms with Crippen molar-refractivity contribution in [2.45, 2.75) is 12.5 Å². The minimum Gasteiger partial charge on any atom is -0.322 e. The van der Waals surface area contributed by atoms with Gasteiger partial charge in [0, 0.05) is 10.7 Å². The van der Waals surface area contributed by atoms with Crippen LogP contribution in [0.4, 0.5) is 0 Å². The lowest BCUT2D eigenvalue weighted by molar-refractivity contribution is 0.692. The average Bonchev–Trinajstić information content (AvgIpc) is 2.31. The Morgan fingerprint density at radius 1 is 1.12 bits per heavy atom. The fraction of sp³-hybridized carbons (Fsp3) is 0.154. The van der Waals surface area contributed by atoms with Gasteiger partial charge in [-0.3, -0.25) is 4.98 Å². The van der Waals surface area contributed by atoms with Crippen molar-refractivity contribution < 1.29 is 0 Å². The predicted molar refractivity (Wildman–Crippen MR) is 69.0 cm³/mol. The Balaban J connectivity index is 2.15. The highest BCUT2D eigenvalue weighted by atomic mass is 79.9. The van der Waals surface area contributed by atoms with E-state index >= 15 is 0 Å². The zero-order chi connectivity index (χ0) is 11.4. The molecule has 0 aliphatic carbocycles.